The van der Waals surface area contributed by atoms with E-state index in [1.165, 1.54) is 81.8 Å². The molecule has 1 atom stereocenters. The Morgan fingerprint density at radius 2 is 1.17 bits per heavy atom. The second-order valence-corrected chi connectivity index (χ2v) is 12.9. The van der Waals surface area contributed by atoms with Gasteiger partial charge in [0, 0.05) is 5.92 Å². The van der Waals surface area contributed by atoms with Crippen LogP contribution in [0, 0.1) is 0 Å². The SMILES string of the molecule is CCCCCCCCCCCCCCCC[C@H](NC(=O)OCC1c2ccccc2-c2ccccc21)C(=O)OC(C)(C)C. The largest absolute Gasteiger partial charge is 0.458 e. The van der Waals surface area contributed by atoms with Crippen LogP contribution in [0.15, 0.2) is 48.5 Å². The summed E-state index contributed by atoms with van der Waals surface area (Å²) in [6.07, 6.45) is 17.9. The van der Waals surface area contributed by atoms with Gasteiger partial charge in [-0.3, -0.25) is 0 Å². The van der Waals surface area contributed by atoms with Crippen LogP contribution in [0.5, 0.6) is 0 Å². The van der Waals surface area contributed by atoms with Crippen LogP contribution in [0.25, 0.3) is 11.1 Å². The molecule has 0 aliphatic heterocycles. The number of fused-ring (bicyclic) bond motifs is 3. The number of carbonyl (C=O) groups is 2. The van der Waals surface area contributed by atoms with Crippen LogP contribution in [-0.4, -0.2) is 30.3 Å². The molecule has 0 saturated carbocycles. The highest BCUT2D eigenvalue weighted by atomic mass is 16.6. The lowest BCUT2D eigenvalue weighted by Gasteiger charge is -2.24. The van der Waals surface area contributed by atoms with Crippen molar-refractivity contribution in [2.45, 2.75) is 142 Å². The topological polar surface area (TPSA) is 64.6 Å². The molecule has 1 amide bonds. The summed E-state index contributed by atoms with van der Waals surface area (Å²) in [5, 5.41) is 2.82. The number of alkyl carbamates (subject to hydrolysis) is 1. The smallest absolute Gasteiger partial charge is 0.407 e. The first-order chi connectivity index (χ1) is 20.3. The normalized spacial score (nSPS) is 13.3. The molecule has 0 unspecified atom stereocenters. The van der Waals surface area contributed by atoms with Crippen molar-refractivity contribution in [1.82, 2.24) is 5.32 Å². The van der Waals surface area contributed by atoms with E-state index in [-0.39, 0.29) is 12.5 Å². The number of hydrogen-bond donors (Lipinski definition) is 1. The van der Waals surface area contributed by atoms with Crippen LogP contribution in [0.2, 0.25) is 0 Å². The minimum absolute atomic E-state index is 0.0195. The van der Waals surface area contributed by atoms with Crippen LogP contribution >= 0.6 is 0 Å². The van der Waals surface area contributed by atoms with Crippen molar-refractivity contribution in [3.63, 3.8) is 0 Å². The maximum atomic E-state index is 13.0. The molecule has 42 heavy (non-hydrogen) atoms. The Balaban J connectivity index is 1.39. The average Bonchev–Trinajstić information content (AvgIpc) is 3.28. The van der Waals surface area contributed by atoms with Gasteiger partial charge >= 0.3 is 12.1 Å². The lowest BCUT2D eigenvalue weighted by atomic mass is 9.98. The molecule has 0 saturated heterocycles. The van der Waals surface area contributed by atoms with Gasteiger partial charge in [-0.25, -0.2) is 9.59 Å². The first-order valence-corrected chi connectivity index (χ1v) is 16.6. The second kappa shape index (κ2) is 18.0. The molecule has 5 nitrogen and oxygen atoms in total. The Kier molecular flexibility index (Phi) is 14.4. The Morgan fingerprint density at radius 3 is 1.64 bits per heavy atom. The van der Waals surface area contributed by atoms with Gasteiger partial charge < -0.3 is 14.8 Å². The van der Waals surface area contributed by atoms with Gasteiger partial charge in [0.15, 0.2) is 0 Å². The Bertz CT molecular complexity index is 1040. The number of carbonyl (C=O) groups excluding carboxylic acids is 2. The molecular weight excluding hydrogens is 522 g/mol. The van der Waals surface area contributed by atoms with Gasteiger partial charge in [-0.05, 0) is 49.4 Å². The van der Waals surface area contributed by atoms with E-state index in [1.54, 1.807) is 0 Å². The number of amides is 1. The minimum atomic E-state index is -0.711. The predicted molar refractivity (Wildman–Crippen MR) is 173 cm³/mol. The number of nitrogens with one attached hydrogen (secondary N) is 1. The highest BCUT2D eigenvalue weighted by Crippen LogP contribution is 2.44. The molecule has 0 spiro atoms. The van der Waals surface area contributed by atoms with E-state index >= 15 is 0 Å². The van der Waals surface area contributed by atoms with Gasteiger partial charge in [0.2, 0.25) is 0 Å². The number of hydrogen-bond acceptors (Lipinski definition) is 4. The van der Waals surface area contributed by atoms with Crippen LogP contribution < -0.4 is 5.32 Å². The molecule has 232 valence electrons. The van der Waals surface area contributed by atoms with Crippen molar-refractivity contribution in [3.05, 3.63) is 59.7 Å². The molecule has 0 radical (unpaired) electrons. The third-order valence-electron chi connectivity index (χ3n) is 8.17. The standard InChI is InChI=1S/C37H55NO4/c1-5-6-7-8-9-10-11-12-13-14-15-16-17-18-27-34(35(39)42-37(2,3)4)38-36(40)41-28-33-31-25-21-19-23-29(31)30-24-20-22-26-32(30)33/h19-26,33-34H,5-18,27-28H2,1-4H3,(H,38,40)/t34-/m0/s1. The molecule has 1 N–H and O–H groups in total. The van der Waals surface area contributed by atoms with E-state index < -0.39 is 23.7 Å². The zero-order valence-corrected chi connectivity index (χ0v) is 26.7. The summed E-state index contributed by atoms with van der Waals surface area (Å²) >= 11 is 0. The van der Waals surface area contributed by atoms with E-state index in [4.69, 9.17) is 9.47 Å². The molecule has 2 aromatic carbocycles. The first kappa shape index (κ1) is 33.7. The zero-order valence-electron chi connectivity index (χ0n) is 26.7. The van der Waals surface area contributed by atoms with Crippen LogP contribution in [-0.2, 0) is 14.3 Å². The van der Waals surface area contributed by atoms with Gasteiger partial charge in [-0.2, -0.15) is 0 Å². The van der Waals surface area contributed by atoms with Crippen molar-refractivity contribution < 1.29 is 19.1 Å². The number of rotatable bonds is 19. The van der Waals surface area contributed by atoms with E-state index in [9.17, 15) is 9.59 Å². The van der Waals surface area contributed by atoms with Gasteiger partial charge in [-0.1, -0.05) is 145 Å². The first-order valence-electron chi connectivity index (χ1n) is 16.6. The lowest BCUT2D eigenvalue weighted by Crippen LogP contribution is -2.44. The molecule has 1 aliphatic carbocycles. The van der Waals surface area contributed by atoms with E-state index in [1.807, 2.05) is 45.0 Å². The zero-order chi connectivity index (χ0) is 30.2. The summed E-state index contributed by atoms with van der Waals surface area (Å²) in [5.74, 6) is -0.417. The van der Waals surface area contributed by atoms with E-state index in [0.29, 0.717) is 6.42 Å². The number of esters is 1. The highest BCUT2D eigenvalue weighted by Gasteiger charge is 2.30. The molecule has 0 bridgehead atoms. The molecule has 0 fully saturated rings. The van der Waals surface area contributed by atoms with E-state index in [2.05, 4.69) is 36.5 Å². The van der Waals surface area contributed by atoms with Gasteiger partial charge in [0.05, 0.1) is 0 Å². The van der Waals surface area contributed by atoms with E-state index in [0.717, 1.165) is 30.4 Å². The van der Waals surface area contributed by atoms with Gasteiger partial charge in [-0.15, -0.1) is 0 Å². The summed E-state index contributed by atoms with van der Waals surface area (Å²) in [7, 11) is 0. The molecule has 0 aromatic heterocycles. The van der Waals surface area contributed by atoms with Gasteiger partial charge in [0.1, 0.15) is 18.2 Å². The summed E-state index contributed by atoms with van der Waals surface area (Å²) in [5.41, 5.74) is 4.08. The number of ether oxygens (including phenoxy) is 2. The van der Waals surface area contributed by atoms with Crippen molar-refractivity contribution in [2.75, 3.05) is 6.61 Å². The molecule has 1 aliphatic rings. The fourth-order valence-corrected chi connectivity index (χ4v) is 5.95. The molecule has 5 heteroatoms. The maximum absolute atomic E-state index is 13.0. The van der Waals surface area contributed by atoms with Crippen molar-refractivity contribution >= 4 is 12.1 Å². The van der Waals surface area contributed by atoms with Crippen LogP contribution in [0.1, 0.15) is 141 Å². The Labute approximate surface area is 255 Å². The lowest BCUT2D eigenvalue weighted by molar-refractivity contribution is -0.157. The molecular formula is C37H55NO4. The van der Waals surface area contributed by atoms with Crippen LogP contribution in [0.3, 0.4) is 0 Å². The Hall–Kier alpha value is -2.82. The van der Waals surface area contributed by atoms with Crippen molar-refractivity contribution in [2.24, 2.45) is 0 Å². The predicted octanol–water partition coefficient (Wildman–Crippen LogP) is 10.1. The van der Waals surface area contributed by atoms with Crippen molar-refractivity contribution in [1.29, 1.82) is 0 Å². The van der Waals surface area contributed by atoms with Crippen LogP contribution in [0.4, 0.5) is 4.79 Å². The average molecular weight is 578 g/mol. The second-order valence-electron chi connectivity index (χ2n) is 12.9. The summed E-state index contributed by atoms with van der Waals surface area (Å²) in [4.78, 5) is 25.9. The maximum Gasteiger partial charge on any atom is 0.407 e. The van der Waals surface area contributed by atoms with Gasteiger partial charge in [0.25, 0.3) is 0 Å². The third kappa shape index (κ3) is 11.5. The minimum Gasteiger partial charge on any atom is -0.458 e. The monoisotopic (exact) mass is 577 g/mol. The third-order valence-corrected chi connectivity index (χ3v) is 8.17. The summed E-state index contributed by atoms with van der Waals surface area (Å²) < 4.78 is 11.3. The number of benzene rings is 2. The fourth-order valence-electron chi connectivity index (χ4n) is 5.95. The Morgan fingerprint density at radius 1 is 0.714 bits per heavy atom. The quantitative estimate of drug-likeness (QED) is 0.133. The molecule has 2 aromatic rings. The molecule has 3 rings (SSSR count). The molecule has 0 heterocycles. The summed E-state index contributed by atoms with van der Waals surface area (Å²) in [6, 6.07) is 15.8. The summed E-state index contributed by atoms with van der Waals surface area (Å²) in [6.45, 7) is 8.04. The number of unbranched alkanes of at least 4 members (excludes halogenated alkanes) is 13. The highest BCUT2D eigenvalue weighted by molar-refractivity contribution is 5.82. The van der Waals surface area contributed by atoms with Crippen molar-refractivity contribution in [3.8, 4) is 11.1 Å². The fraction of sp³-hybridized carbons (Fsp3) is 0.622.